The summed E-state index contributed by atoms with van der Waals surface area (Å²) in [6.45, 7) is 13.0. The first kappa shape index (κ1) is 13.0. The summed E-state index contributed by atoms with van der Waals surface area (Å²) in [7, 11) is 0. The molecule has 1 aromatic rings. The molecule has 0 bridgehead atoms. The second-order valence-corrected chi connectivity index (χ2v) is 5.39. The van der Waals surface area contributed by atoms with Gasteiger partial charge in [0.2, 0.25) is 0 Å². The fraction of sp³-hybridized carbons (Fsp3) is 0.462. The summed E-state index contributed by atoms with van der Waals surface area (Å²) in [4.78, 5) is 5.88. The Balaban J connectivity index is 2.72. The predicted molar refractivity (Wildman–Crippen MR) is 71.9 cm³/mol. The van der Waals surface area contributed by atoms with E-state index in [1.54, 1.807) is 11.3 Å². The average molecular weight is 236 g/mol. The molecule has 0 saturated heterocycles. The maximum Gasteiger partial charge on any atom is 0.0900 e. The van der Waals surface area contributed by atoms with Gasteiger partial charge >= 0.3 is 0 Å². The lowest BCUT2D eigenvalue weighted by Gasteiger charge is -2.08. The number of hydrogen-bond acceptors (Lipinski definition) is 3. The summed E-state index contributed by atoms with van der Waals surface area (Å²) in [5, 5.41) is 4.47. The molecule has 1 heterocycles. The van der Waals surface area contributed by atoms with E-state index in [9.17, 15) is 0 Å². The minimum Gasteiger partial charge on any atom is -0.385 e. The maximum atomic E-state index is 4.55. The molecule has 0 atom stereocenters. The van der Waals surface area contributed by atoms with E-state index >= 15 is 0 Å². The third-order valence-corrected chi connectivity index (χ3v) is 3.51. The molecule has 2 nitrogen and oxygen atoms in total. The van der Waals surface area contributed by atoms with Crippen molar-refractivity contribution >= 4 is 11.3 Å². The molecule has 88 valence electrons. The van der Waals surface area contributed by atoms with Crippen LogP contribution in [0.25, 0.3) is 0 Å². The molecule has 0 aliphatic carbocycles. The van der Waals surface area contributed by atoms with Crippen molar-refractivity contribution < 1.29 is 0 Å². The van der Waals surface area contributed by atoms with Crippen molar-refractivity contribution in [3.05, 3.63) is 39.5 Å². The molecule has 16 heavy (non-hydrogen) atoms. The number of allylic oxidation sites excluding steroid dienone is 2. The zero-order chi connectivity index (χ0) is 12.1. The van der Waals surface area contributed by atoms with Crippen LogP contribution in [0, 0.1) is 13.8 Å². The SMILES string of the molecule is C=CCN/C(C)=C(\C)Cc1nc(C)sc1C. The topological polar surface area (TPSA) is 24.9 Å². The Hall–Kier alpha value is -1.09. The monoisotopic (exact) mass is 236 g/mol. The molecule has 0 amide bonds. The van der Waals surface area contributed by atoms with E-state index in [0.29, 0.717) is 0 Å². The summed E-state index contributed by atoms with van der Waals surface area (Å²) >= 11 is 1.77. The molecule has 0 aromatic carbocycles. The zero-order valence-corrected chi connectivity index (χ0v) is 11.4. The Kier molecular flexibility index (Phi) is 4.74. The van der Waals surface area contributed by atoms with Gasteiger partial charge in [-0.05, 0) is 33.3 Å². The van der Waals surface area contributed by atoms with E-state index in [-0.39, 0.29) is 0 Å². The molecular formula is C13H20N2S. The van der Waals surface area contributed by atoms with Crippen LogP contribution in [0.15, 0.2) is 23.9 Å². The van der Waals surface area contributed by atoms with Gasteiger partial charge in [-0.25, -0.2) is 4.98 Å². The van der Waals surface area contributed by atoms with Crippen molar-refractivity contribution in [2.24, 2.45) is 0 Å². The van der Waals surface area contributed by atoms with Gasteiger partial charge in [0.25, 0.3) is 0 Å². The fourth-order valence-electron chi connectivity index (χ4n) is 1.50. The summed E-state index contributed by atoms with van der Waals surface area (Å²) in [6, 6.07) is 0. The van der Waals surface area contributed by atoms with Crippen LogP contribution in [0.4, 0.5) is 0 Å². The first-order chi connectivity index (χ1) is 7.54. The Morgan fingerprint density at radius 1 is 1.44 bits per heavy atom. The molecule has 0 unspecified atom stereocenters. The van der Waals surface area contributed by atoms with Gasteiger partial charge in [-0.2, -0.15) is 0 Å². The van der Waals surface area contributed by atoms with Crippen molar-refractivity contribution in [3.8, 4) is 0 Å². The van der Waals surface area contributed by atoms with E-state index in [0.717, 1.165) is 18.0 Å². The molecule has 0 fully saturated rings. The number of rotatable bonds is 5. The van der Waals surface area contributed by atoms with Gasteiger partial charge in [-0.1, -0.05) is 6.08 Å². The first-order valence-electron chi connectivity index (χ1n) is 5.48. The Morgan fingerprint density at radius 3 is 2.62 bits per heavy atom. The van der Waals surface area contributed by atoms with Gasteiger partial charge in [0.15, 0.2) is 0 Å². The van der Waals surface area contributed by atoms with E-state index in [1.807, 2.05) is 6.08 Å². The van der Waals surface area contributed by atoms with Gasteiger partial charge in [0.1, 0.15) is 0 Å². The number of aromatic nitrogens is 1. The molecule has 3 heteroatoms. The molecular weight excluding hydrogens is 216 g/mol. The lowest BCUT2D eigenvalue weighted by Crippen LogP contribution is -2.12. The number of nitrogens with zero attached hydrogens (tertiary/aromatic N) is 1. The number of aryl methyl sites for hydroxylation is 2. The standard InChI is InChI=1S/C13H20N2S/c1-6-7-14-10(3)9(2)8-13-11(4)16-12(5)15-13/h6,14H,1,7-8H2,2-5H3/b10-9+. The summed E-state index contributed by atoms with van der Waals surface area (Å²) < 4.78 is 0. The molecule has 1 N–H and O–H groups in total. The van der Waals surface area contributed by atoms with Gasteiger partial charge in [-0.15, -0.1) is 17.9 Å². The van der Waals surface area contributed by atoms with Crippen LogP contribution in [0.1, 0.15) is 29.4 Å². The van der Waals surface area contributed by atoms with E-state index in [4.69, 9.17) is 0 Å². The highest BCUT2D eigenvalue weighted by Crippen LogP contribution is 2.19. The van der Waals surface area contributed by atoms with Gasteiger partial charge < -0.3 is 5.32 Å². The van der Waals surface area contributed by atoms with E-state index < -0.39 is 0 Å². The summed E-state index contributed by atoms with van der Waals surface area (Å²) in [5.74, 6) is 0. The van der Waals surface area contributed by atoms with Crippen molar-refractivity contribution in [2.75, 3.05) is 6.54 Å². The Labute approximate surface area is 102 Å². The summed E-state index contributed by atoms with van der Waals surface area (Å²) in [5.41, 5.74) is 3.78. The lowest BCUT2D eigenvalue weighted by atomic mass is 10.1. The highest BCUT2D eigenvalue weighted by atomic mass is 32.1. The fourth-order valence-corrected chi connectivity index (χ4v) is 2.33. The van der Waals surface area contributed by atoms with E-state index in [2.05, 4.69) is 44.6 Å². The molecule has 1 aromatic heterocycles. The largest absolute Gasteiger partial charge is 0.385 e. The van der Waals surface area contributed by atoms with Crippen molar-refractivity contribution in [1.29, 1.82) is 0 Å². The normalized spacial score (nSPS) is 12.2. The Bertz CT molecular complexity index is 402. The number of hydrogen-bond donors (Lipinski definition) is 1. The number of thiazole rings is 1. The molecule has 0 aliphatic rings. The van der Waals surface area contributed by atoms with Crippen LogP contribution in [-0.4, -0.2) is 11.5 Å². The van der Waals surface area contributed by atoms with Gasteiger partial charge in [0, 0.05) is 23.5 Å². The second-order valence-electron chi connectivity index (χ2n) is 3.99. The third kappa shape index (κ3) is 3.49. The zero-order valence-electron chi connectivity index (χ0n) is 10.6. The summed E-state index contributed by atoms with van der Waals surface area (Å²) in [6.07, 6.45) is 2.81. The molecule has 0 aliphatic heterocycles. The highest BCUT2D eigenvalue weighted by Gasteiger charge is 2.06. The number of nitrogens with one attached hydrogen (secondary N) is 1. The molecule has 1 rings (SSSR count). The van der Waals surface area contributed by atoms with Crippen LogP contribution in [0.3, 0.4) is 0 Å². The van der Waals surface area contributed by atoms with Crippen LogP contribution >= 0.6 is 11.3 Å². The first-order valence-corrected chi connectivity index (χ1v) is 6.30. The quantitative estimate of drug-likeness (QED) is 0.793. The van der Waals surface area contributed by atoms with Crippen molar-refractivity contribution in [1.82, 2.24) is 10.3 Å². The minimum atomic E-state index is 0.818. The van der Waals surface area contributed by atoms with Gasteiger partial charge in [0.05, 0.1) is 10.7 Å². The van der Waals surface area contributed by atoms with Gasteiger partial charge in [-0.3, -0.25) is 0 Å². The van der Waals surface area contributed by atoms with Crippen LogP contribution in [-0.2, 0) is 6.42 Å². The third-order valence-electron chi connectivity index (χ3n) is 2.58. The second kappa shape index (κ2) is 5.85. The Morgan fingerprint density at radius 2 is 2.12 bits per heavy atom. The predicted octanol–water partition coefficient (Wildman–Crippen LogP) is 3.37. The highest BCUT2D eigenvalue weighted by molar-refractivity contribution is 7.11. The van der Waals surface area contributed by atoms with Crippen LogP contribution < -0.4 is 5.32 Å². The molecule has 0 spiro atoms. The molecule has 0 radical (unpaired) electrons. The maximum absolute atomic E-state index is 4.55. The molecule has 0 saturated carbocycles. The van der Waals surface area contributed by atoms with Crippen LogP contribution in [0.2, 0.25) is 0 Å². The van der Waals surface area contributed by atoms with E-state index in [1.165, 1.54) is 21.8 Å². The smallest absolute Gasteiger partial charge is 0.0900 e. The van der Waals surface area contributed by atoms with Crippen molar-refractivity contribution in [3.63, 3.8) is 0 Å². The average Bonchev–Trinajstić information content (AvgIpc) is 2.53. The van der Waals surface area contributed by atoms with Crippen LogP contribution in [0.5, 0.6) is 0 Å². The van der Waals surface area contributed by atoms with Crippen molar-refractivity contribution in [2.45, 2.75) is 34.1 Å². The minimum absolute atomic E-state index is 0.818. The lowest BCUT2D eigenvalue weighted by molar-refractivity contribution is 0.863.